The van der Waals surface area contributed by atoms with Crippen molar-refractivity contribution in [3.05, 3.63) is 72.2 Å². The van der Waals surface area contributed by atoms with Crippen molar-refractivity contribution >= 4 is 27.8 Å². The second-order valence-corrected chi connectivity index (χ2v) is 7.10. The van der Waals surface area contributed by atoms with Crippen LogP contribution in [0.2, 0.25) is 0 Å². The lowest BCUT2D eigenvalue weighted by Crippen LogP contribution is -2.07. The zero-order chi connectivity index (χ0) is 22.1. The number of nitrogens with zero attached hydrogens (tertiary/aromatic N) is 6. The lowest BCUT2D eigenvalue weighted by atomic mass is 10.0. The number of fused-ring (bicyclic) bond motifs is 2. The Morgan fingerprint density at radius 1 is 1.03 bits per heavy atom. The SMILES string of the molecule is CCOC(=O)c1cnn(-c2nc(OC)c3c(cnn3Cc3cccc4ccccc34)n2)c1. The Morgan fingerprint density at radius 2 is 1.88 bits per heavy atom. The van der Waals surface area contributed by atoms with Gasteiger partial charge in [0.15, 0.2) is 0 Å². The lowest BCUT2D eigenvalue weighted by Gasteiger charge is -2.10. The first kappa shape index (κ1) is 19.7. The van der Waals surface area contributed by atoms with Gasteiger partial charge in [-0.1, -0.05) is 42.5 Å². The van der Waals surface area contributed by atoms with Gasteiger partial charge in [0.2, 0.25) is 5.88 Å². The third-order valence-electron chi connectivity index (χ3n) is 5.14. The van der Waals surface area contributed by atoms with Crippen LogP contribution in [0.3, 0.4) is 0 Å². The maximum absolute atomic E-state index is 11.9. The van der Waals surface area contributed by atoms with E-state index in [0.29, 0.717) is 29.0 Å². The number of ether oxygens (including phenoxy) is 2. The molecule has 0 aliphatic heterocycles. The molecule has 0 amide bonds. The smallest absolute Gasteiger partial charge is 0.341 e. The number of methoxy groups -OCH3 is 1. The van der Waals surface area contributed by atoms with Crippen LogP contribution < -0.4 is 4.74 Å². The number of hydrogen-bond donors (Lipinski definition) is 0. The second-order valence-electron chi connectivity index (χ2n) is 7.10. The van der Waals surface area contributed by atoms with Gasteiger partial charge in [0.05, 0.1) is 38.2 Å². The fourth-order valence-corrected chi connectivity index (χ4v) is 3.66. The van der Waals surface area contributed by atoms with Gasteiger partial charge in [-0.2, -0.15) is 15.2 Å². The maximum atomic E-state index is 11.9. The van der Waals surface area contributed by atoms with Gasteiger partial charge in [0.1, 0.15) is 11.0 Å². The molecular weight excluding hydrogens is 408 g/mol. The summed E-state index contributed by atoms with van der Waals surface area (Å²) in [4.78, 5) is 21.0. The van der Waals surface area contributed by atoms with Gasteiger partial charge in [-0.3, -0.25) is 4.68 Å². The average Bonchev–Trinajstić information content (AvgIpc) is 3.47. The van der Waals surface area contributed by atoms with Gasteiger partial charge in [-0.05, 0) is 23.3 Å². The van der Waals surface area contributed by atoms with E-state index in [9.17, 15) is 4.79 Å². The van der Waals surface area contributed by atoms with Gasteiger partial charge in [0, 0.05) is 6.20 Å². The summed E-state index contributed by atoms with van der Waals surface area (Å²) in [6.07, 6.45) is 4.62. The van der Waals surface area contributed by atoms with E-state index >= 15 is 0 Å². The molecule has 0 radical (unpaired) electrons. The standard InChI is InChI=1S/C23H20N6O3/c1-3-32-22(30)17-11-24-29(14-17)23-26-19-12-25-28(20(19)21(27-23)31-2)13-16-9-6-8-15-7-4-5-10-18(15)16/h4-12,14H,3,13H2,1-2H3. The Balaban J connectivity index is 1.54. The van der Waals surface area contributed by atoms with Crippen LogP contribution in [0.15, 0.2) is 61.1 Å². The number of rotatable bonds is 6. The average molecular weight is 428 g/mol. The first-order valence-corrected chi connectivity index (χ1v) is 10.1. The molecule has 0 saturated carbocycles. The number of esters is 1. The van der Waals surface area contributed by atoms with Crippen LogP contribution in [0.1, 0.15) is 22.8 Å². The first-order valence-electron chi connectivity index (χ1n) is 10.1. The highest BCUT2D eigenvalue weighted by Crippen LogP contribution is 2.26. The quantitative estimate of drug-likeness (QED) is 0.382. The van der Waals surface area contributed by atoms with E-state index in [0.717, 1.165) is 10.9 Å². The molecule has 3 heterocycles. The van der Waals surface area contributed by atoms with Gasteiger partial charge >= 0.3 is 5.97 Å². The molecule has 32 heavy (non-hydrogen) atoms. The molecule has 0 unspecified atom stereocenters. The number of hydrogen-bond acceptors (Lipinski definition) is 7. The maximum Gasteiger partial charge on any atom is 0.341 e. The van der Waals surface area contributed by atoms with E-state index in [1.807, 2.05) is 22.9 Å². The largest absolute Gasteiger partial charge is 0.479 e. The minimum atomic E-state index is -0.449. The van der Waals surface area contributed by atoms with Crippen molar-refractivity contribution in [2.24, 2.45) is 0 Å². The highest BCUT2D eigenvalue weighted by atomic mass is 16.5. The summed E-state index contributed by atoms with van der Waals surface area (Å²) in [5.74, 6) is 0.195. The summed E-state index contributed by atoms with van der Waals surface area (Å²) in [5, 5.41) is 11.1. The molecule has 3 aromatic heterocycles. The van der Waals surface area contributed by atoms with Gasteiger partial charge in [0.25, 0.3) is 5.95 Å². The van der Waals surface area contributed by atoms with Crippen LogP contribution in [0.4, 0.5) is 0 Å². The molecule has 160 valence electrons. The van der Waals surface area contributed by atoms with Crippen molar-refractivity contribution in [1.29, 1.82) is 0 Å². The highest BCUT2D eigenvalue weighted by Gasteiger charge is 2.18. The molecule has 0 N–H and O–H groups in total. The molecule has 0 atom stereocenters. The summed E-state index contributed by atoms with van der Waals surface area (Å²) in [5.41, 5.74) is 2.74. The van der Waals surface area contributed by atoms with E-state index in [1.54, 1.807) is 20.2 Å². The van der Waals surface area contributed by atoms with Crippen molar-refractivity contribution < 1.29 is 14.3 Å². The summed E-state index contributed by atoms with van der Waals surface area (Å²) in [6.45, 7) is 2.58. The van der Waals surface area contributed by atoms with Crippen LogP contribution in [-0.2, 0) is 11.3 Å². The second kappa shape index (κ2) is 8.10. The minimum Gasteiger partial charge on any atom is -0.479 e. The van der Waals surface area contributed by atoms with E-state index in [4.69, 9.17) is 9.47 Å². The number of carbonyl (C=O) groups excluding carboxylic acids is 1. The molecule has 0 bridgehead atoms. The molecule has 9 nitrogen and oxygen atoms in total. The van der Waals surface area contributed by atoms with Crippen LogP contribution in [0, 0.1) is 0 Å². The first-order chi connectivity index (χ1) is 15.7. The molecule has 0 saturated heterocycles. The zero-order valence-electron chi connectivity index (χ0n) is 17.6. The van der Waals surface area contributed by atoms with Crippen molar-refractivity contribution in [2.45, 2.75) is 13.5 Å². The van der Waals surface area contributed by atoms with Crippen LogP contribution in [-0.4, -0.2) is 49.2 Å². The predicted molar refractivity (Wildman–Crippen MR) is 118 cm³/mol. The normalized spacial score (nSPS) is 11.2. The molecular formula is C23H20N6O3. The van der Waals surface area contributed by atoms with Gasteiger partial charge in [-0.15, -0.1) is 0 Å². The number of carbonyl (C=O) groups is 1. The molecule has 5 rings (SSSR count). The lowest BCUT2D eigenvalue weighted by molar-refractivity contribution is 0.0526. The molecule has 0 aliphatic rings. The van der Waals surface area contributed by atoms with Crippen LogP contribution in [0.25, 0.3) is 27.8 Å². The topological polar surface area (TPSA) is 97.0 Å². The molecule has 2 aromatic carbocycles. The predicted octanol–water partition coefficient (Wildman–Crippen LogP) is 3.40. The third-order valence-corrected chi connectivity index (χ3v) is 5.14. The number of benzene rings is 2. The van der Waals surface area contributed by atoms with Crippen molar-refractivity contribution in [3.63, 3.8) is 0 Å². The van der Waals surface area contributed by atoms with E-state index < -0.39 is 5.97 Å². The van der Waals surface area contributed by atoms with Crippen molar-refractivity contribution in [1.82, 2.24) is 29.5 Å². The van der Waals surface area contributed by atoms with E-state index in [2.05, 4.69) is 44.4 Å². The fourth-order valence-electron chi connectivity index (χ4n) is 3.66. The Bertz CT molecular complexity index is 1430. The minimum absolute atomic E-state index is 0.273. The number of aromatic nitrogens is 6. The fraction of sp³-hybridized carbons (Fsp3) is 0.174. The molecule has 5 aromatic rings. The zero-order valence-corrected chi connectivity index (χ0v) is 17.6. The van der Waals surface area contributed by atoms with Gasteiger partial charge in [-0.25, -0.2) is 14.5 Å². The van der Waals surface area contributed by atoms with Crippen LogP contribution in [0.5, 0.6) is 5.88 Å². The van der Waals surface area contributed by atoms with Crippen molar-refractivity contribution in [2.75, 3.05) is 13.7 Å². The summed E-state index contributed by atoms with van der Waals surface area (Å²) < 4.78 is 13.8. The Morgan fingerprint density at radius 3 is 2.72 bits per heavy atom. The third kappa shape index (κ3) is 3.43. The molecule has 0 spiro atoms. The Kier molecular flexibility index (Phi) is 4.98. The summed E-state index contributed by atoms with van der Waals surface area (Å²) >= 11 is 0. The Hall–Kier alpha value is -4.27. The monoisotopic (exact) mass is 428 g/mol. The van der Waals surface area contributed by atoms with Gasteiger partial charge < -0.3 is 9.47 Å². The summed E-state index contributed by atoms with van der Waals surface area (Å²) in [7, 11) is 1.55. The molecule has 0 fully saturated rings. The Labute approximate surface area is 183 Å². The van der Waals surface area contributed by atoms with Crippen molar-refractivity contribution in [3.8, 4) is 11.8 Å². The molecule has 0 aliphatic carbocycles. The van der Waals surface area contributed by atoms with Crippen LogP contribution >= 0.6 is 0 Å². The van der Waals surface area contributed by atoms with E-state index in [1.165, 1.54) is 22.5 Å². The molecule has 9 heteroatoms. The highest BCUT2D eigenvalue weighted by molar-refractivity contribution is 5.89. The van der Waals surface area contributed by atoms with E-state index in [-0.39, 0.29) is 12.6 Å². The summed E-state index contributed by atoms with van der Waals surface area (Å²) in [6, 6.07) is 14.4.